The molecule has 31 heavy (non-hydrogen) atoms. The second kappa shape index (κ2) is 11.1. The van der Waals surface area contributed by atoms with E-state index in [-0.39, 0.29) is 12.5 Å². The first-order valence-electron chi connectivity index (χ1n) is 10.7. The average molecular weight is 415 g/mol. The van der Waals surface area contributed by atoms with Crippen LogP contribution in [-0.4, -0.2) is 18.2 Å². The number of nitrogens with zero attached hydrogens (tertiary/aromatic N) is 1. The standard InChI is InChI=1S/C27H30N2O2/c1-20(2)25-15-14-21(3)16-26(25)31-19-27(30)29-28-24(17-22-10-6-4-7-11-22)18-23-12-8-5-9-13-23/h4-16,20H,17-19H2,1-3H3,(H,29,30). The van der Waals surface area contributed by atoms with Crippen molar-refractivity contribution in [1.82, 2.24) is 5.43 Å². The Kier molecular flexibility index (Phi) is 7.99. The van der Waals surface area contributed by atoms with Gasteiger partial charge in [-0.25, -0.2) is 5.43 Å². The zero-order valence-electron chi connectivity index (χ0n) is 18.5. The number of hydrogen-bond acceptors (Lipinski definition) is 3. The fraction of sp³-hybridized carbons (Fsp3) is 0.259. The molecule has 0 spiro atoms. The van der Waals surface area contributed by atoms with E-state index in [4.69, 9.17) is 4.74 Å². The maximum Gasteiger partial charge on any atom is 0.277 e. The molecule has 0 aliphatic rings. The molecule has 160 valence electrons. The van der Waals surface area contributed by atoms with Gasteiger partial charge in [-0.15, -0.1) is 0 Å². The summed E-state index contributed by atoms with van der Waals surface area (Å²) in [6.07, 6.45) is 1.35. The first-order chi connectivity index (χ1) is 15.0. The zero-order valence-corrected chi connectivity index (χ0v) is 18.5. The summed E-state index contributed by atoms with van der Waals surface area (Å²) in [7, 11) is 0. The number of rotatable bonds is 9. The SMILES string of the molecule is Cc1ccc(C(C)C)c(OCC(=O)NN=C(Cc2ccccc2)Cc2ccccc2)c1. The predicted octanol–water partition coefficient (Wildman–Crippen LogP) is 5.45. The van der Waals surface area contributed by atoms with Crippen molar-refractivity contribution in [3.63, 3.8) is 0 Å². The summed E-state index contributed by atoms with van der Waals surface area (Å²) >= 11 is 0. The lowest BCUT2D eigenvalue weighted by Crippen LogP contribution is -2.27. The van der Waals surface area contributed by atoms with Gasteiger partial charge in [0.25, 0.3) is 5.91 Å². The number of amides is 1. The van der Waals surface area contributed by atoms with Crippen LogP contribution in [0.4, 0.5) is 0 Å². The van der Waals surface area contributed by atoms with Gasteiger partial charge in [0.05, 0.1) is 0 Å². The van der Waals surface area contributed by atoms with Gasteiger partial charge in [-0.1, -0.05) is 86.6 Å². The number of carbonyl (C=O) groups excluding carboxylic acids is 1. The van der Waals surface area contributed by atoms with Gasteiger partial charge in [0.1, 0.15) is 5.75 Å². The molecule has 4 nitrogen and oxygen atoms in total. The largest absolute Gasteiger partial charge is 0.483 e. The Balaban J connectivity index is 1.66. The highest BCUT2D eigenvalue weighted by atomic mass is 16.5. The summed E-state index contributed by atoms with van der Waals surface area (Å²) in [6, 6.07) is 26.4. The van der Waals surface area contributed by atoms with Crippen LogP contribution in [0.15, 0.2) is 84.0 Å². The quantitative estimate of drug-likeness (QED) is 0.374. The first kappa shape index (κ1) is 22.3. The lowest BCUT2D eigenvalue weighted by molar-refractivity contribution is -0.123. The van der Waals surface area contributed by atoms with Crippen molar-refractivity contribution in [3.8, 4) is 5.75 Å². The number of benzene rings is 3. The maximum absolute atomic E-state index is 12.4. The normalized spacial score (nSPS) is 10.6. The van der Waals surface area contributed by atoms with E-state index in [9.17, 15) is 4.79 Å². The Morgan fingerprint density at radius 3 is 2.03 bits per heavy atom. The predicted molar refractivity (Wildman–Crippen MR) is 127 cm³/mol. The molecule has 0 aliphatic heterocycles. The van der Waals surface area contributed by atoms with Crippen molar-refractivity contribution in [2.75, 3.05) is 6.61 Å². The molecule has 3 aromatic carbocycles. The van der Waals surface area contributed by atoms with Crippen molar-refractivity contribution < 1.29 is 9.53 Å². The number of ether oxygens (including phenoxy) is 1. The van der Waals surface area contributed by atoms with Gasteiger partial charge in [-0.2, -0.15) is 5.10 Å². The highest BCUT2D eigenvalue weighted by Gasteiger charge is 2.11. The van der Waals surface area contributed by atoms with E-state index in [1.54, 1.807) is 0 Å². The fourth-order valence-electron chi connectivity index (χ4n) is 3.37. The Hall–Kier alpha value is -3.40. The summed E-state index contributed by atoms with van der Waals surface area (Å²) in [6.45, 7) is 6.17. The van der Waals surface area contributed by atoms with Gasteiger partial charge in [0, 0.05) is 18.6 Å². The number of hydrogen-bond donors (Lipinski definition) is 1. The first-order valence-corrected chi connectivity index (χ1v) is 10.7. The molecule has 1 N–H and O–H groups in total. The van der Waals surface area contributed by atoms with E-state index in [2.05, 4.69) is 60.8 Å². The molecule has 0 radical (unpaired) electrons. The van der Waals surface area contributed by atoms with Crippen molar-refractivity contribution in [1.29, 1.82) is 0 Å². The molecule has 0 fully saturated rings. The average Bonchev–Trinajstić information content (AvgIpc) is 2.77. The van der Waals surface area contributed by atoms with Crippen LogP contribution in [0.2, 0.25) is 0 Å². The third kappa shape index (κ3) is 7.10. The van der Waals surface area contributed by atoms with Crippen molar-refractivity contribution in [2.45, 2.75) is 39.5 Å². The van der Waals surface area contributed by atoms with Crippen LogP contribution in [0.25, 0.3) is 0 Å². The number of nitrogens with one attached hydrogen (secondary N) is 1. The van der Waals surface area contributed by atoms with Crippen LogP contribution < -0.4 is 10.2 Å². The highest BCUT2D eigenvalue weighted by molar-refractivity contribution is 5.90. The summed E-state index contributed by atoms with van der Waals surface area (Å²) in [5, 5.41) is 4.44. The Morgan fingerprint density at radius 2 is 1.48 bits per heavy atom. The highest BCUT2D eigenvalue weighted by Crippen LogP contribution is 2.27. The van der Waals surface area contributed by atoms with Crippen LogP contribution in [0.3, 0.4) is 0 Å². The van der Waals surface area contributed by atoms with Gasteiger partial charge in [0.15, 0.2) is 6.61 Å². The molecule has 3 rings (SSSR count). The number of aryl methyl sites for hydroxylation is 1. The minimum absolute atomic E-state index is 0.0728. The van der Waals surface area contributed by atoms with Crippen molar-refractivity contribution in [2.24, 2.45) is 5.10 Å². The summed E-state index contributed by atoms with van der Waals surface area (Å²) in [5.41, 5.74) is 8.08. The molecule has 0 atom stereocenters. The van der Waals surface area contributed by atoms with E-state index in [0.29, 0.717) is 18.8 Å². The molecular formula is C27H30N2O2. The summed E-state index contributed by atoms with van der Waals surface area (Å²) in [5.74, 6) is 0.804. The lowest BCUT2D eigenvalue weighted by atomic mass is 10.0. The van der Waals surface area contributed by atoms with Crippen LogP contribution in [0, 0.1) is 6.92 Å². The minimum Gasteiger partial charge on any atom is -0.483 e. The van der Waals surface area contributed by atoms with E-state index >= 15 is 0 Å². The third-order valence-corrected chi connectivity index (χ3v) is 4.99. The molecule has 0 saturated carbocycles. The third-order valence-electron chi connectivity index (χ3n) is 4.99. The molecule has 0 heterocycles. The van der Waals surface area contributed by atoms with E-state index in [1.165, 1.54) is 0 Å². The minimum atomic E-state index is -0.269. The van der Waals surface area contributed by atoms with Gasteiger partial charge in [0.2, 0.25) is 0 Å². The molecule has 0 saturated heterocycles. The van der Waals surface area contributed by atoms with Crippen molar-refractivity contribution in [3.05, 3.63) is 101 Å². The van der Waals surface area contributed by atoms with Crippen molar-refractivity contribution >= 4 is 11.6 Å². The molecular weight excluding hydrogens is 384 g/mol. The molecule has 0 unspecified atom stereocenters. The zero-order chi connectivity index (χ0) is 22.1. The van der Waals surface area contributed by atoms with Gasteiger partial charge >= 0.3 is 0 Å². The molecule has 3 aromatic rings. The van der Waals surface area contributed by atoms with Gasteiger partial charge in [-0.3, -0.25) is 4.79 Å². The molecule has 0 bridgehead atoms. The van der Waals surface area contributed by atoms with E-state index in [1.807, 2.05) is 49.4 Å². The monoisotopic (exact) mass is 414 g/mol. The van der Waals surface area contributed by atoms with E-state index in [0.717, 1.165) is 33.7 Å². The molecule has 1 amide bonds. The van der Waals surface area contributed by atoms with Crippen LogP contribution in [0.1, 0.15) is 42.0 Å². The van der Waals surface area contributed by atoms with E-state index < -0.39 is 0 Å². The molecule has 0 aliphatic carbocycles. The number of hydrazone groups is 1. The maximum atomic E-state index is 12.4. The molecule has 0 aromatic heterocycles. The van der Waals surface area contributed by atoms with Crippen LogP contribution in [-0.2, 0) is 17.6 Å². The second-order valence-corrected chi connectivity index (χ2v) is 8.02. The van der Waals surface area contributed by atoms with Crippen LogP contribution >= 0.6 is 0 Å². The van der Waals surface area contributed by atoms with Gasteiger partial charge < -0.3 is 4.74 Å². The Bertz CT molecular complexity index is 968. The molecule has 4 heteroatoms. The summed E-state index contributed by atoms with van der Waals surface area (Å²) < 4.78 is 5.83. The number of carbonyl (C=O) groups is 1. The lowest BCUT2D eigenvalue weighted by Gasteiger charge is -2.14. The topological polar surface area (TPSA) is 50.7 Å². The summed E-state index contributed by atoms with van der Waals surface area (Å²) in [4.78, 5) is 12.4. The van der Waals surface area contributed by atoms with Gasteiger partial charge in [-0.05, 0) is 41.2 Å². The smallest absolute Gasteiger partial charge is 0.277 e. The fourth-order valence-corrected chi connectivity index (χ4v) is 3.37. The van der Waals surface area contributed by atoms with Crippen LogP contribution in [0.5, 0.6) is 5.75 Å². The Labute approximate surface area is 185 Å². The second-order valence-electron chi connectivity index (χ2n) is 8.02. The Morgan fingerprint density at radius 1 is 0.903 bits per heavy atom.